The van der Waals surface area contributed by atoms with Crippen molar-refractivity contribution in [3.8, 4) is 11.1 Å². The molecular formula is C20H23N3O. The summed E-state index contributed by atoms with van der Waals surface area (Å²) in [6, 6.07) is 12.6. The first-order valence-corrected chi connectivity index (χ1v) is 8.81. The highest BCUT2D eigenvalue weighted by Gasteiger charge is 2.34. The minimum Gasteiger partial charge on any atom is -0.340 e. The van der Waals surface area contributed by atoms with Gasteiger partial charge in [0.05, 0.1) is 0 Å². The lowest BCUT2D eigenvalue weighted by Crippen LogP contribution is -2.48. The number of nitrogens with zero attached hydrogens (tertiary/aromatic N) is 3. The molecule has 1 amide bonds. The van der Waals surface area contributed by atoms with Crippen LogP contribution < -0.4 is 0 Å². The van der Waals surface area contributed by atoms with Crippen LogP contribution in [0.1, 0.15) is 18.4 Å². The van der Waals surface area contributed by atoms with Crippen molar-refractivity contribution in [2.45, 2.75) is 19.4 Å². The number of hydrogen-bond acceptors (Lipinski definition) is 3. The molecule has 2 aliphatic rings. The molecule has 2 fully saturated rings. The Balaban J connectivity index is 1.42. The number of aromatic nitrogens is 1. The maximum atomic E-state index is 12.2. The SMILES string of the molecule is O=C(C1CC1)N1CCN(Cc2ccccc2-c2cccnc2)CC1. The van der Waals surface area contributed by atoms with E-state index in [0.29, 0.717) is 11.8 Å². The van der Waals surface area contributed by atoms with Crippen LogP contribution in [0.25, 0.3) is 11.1 Å². The summed E-state index contributed by atoms with van der Waals surface area (Å²) in [6.07, 6.45) is 5.92. The fourth-order valence-electron chi connectivity index (χ4n) is 3.42. The van der Waals surface area contributed by atoms with Crippen molar-refractivity contribution in [2.24, 2.45) is 5.92 Å². The third-order valence-corrected chi connectivity index (χ3v) is 4.99. The highest BCUT2D eigenvalue weighted by Crippen LogP contribution is 2.31. The Hall–Kier alpha value is -2.20. The summed E-state index contributed by atoms with van der Waals surface area (Å²) in [5.41, 5.74) is 3.74. The van der Waals surface area contributed by atoms with E-state index in [1.165, 1.54) is 11.1 Å². The molecule has 0 spiro atoms. The summed E-state index contributed by atoms with van der Waals surface area (Å²) in [6.45, 7) is 4.57. The first kappa shape index (κ1) is 15.3. The van der Waals surface area contributed by atoms with E-state index < -0.39 is 0 Å². The number of rotatable bonds is 4. The molecule has 0 atom stereocenters. The Kier molecular flexibility index (Phi) is 4.30. The Morgan fingerprint density at radius 3 is 2.54 bits per heavy atom. The maximum absolute atomic E-state index is 12.2. The van der Waals surface area contributed by atoms with Gasteiger partial charge in [-0.2, -0.15) is 0 Å². The molecule has 1 aromatic heterocycles. The van der Waals surface area contributed by atoms with Gasteiger partial charge in [-0.25, -0.2) is 0 Å². The second kappa shape index (κ2) is 6.73. The average molecular weight is 321 g/mol. The molecule has 0 unspecified atom stereocenters. The summed E-state index contributed by atoms with van der Waals surface area (Å²) in [4.78, 5) is 20.9. The van der Waals surface area contributed by atoms with Gasteiger partial charge >= 0.3 is 0 Å². The molecule has 1 saturated heterocycles. The predicted molar refractivity (Wildman–Crippen MR) is 94.3 cm³/mol. The molecule has 1 aliphatic carbocycles. The molecule has 0 N–H and O–H groups in total. The molecule has 4 nitrogen and oxygen atoms in total. The lowest BCUT2D eigenvalue weighted by molar-refractivity contribution is -0.134. The number of amides is 1. The fourth-order valence-corrected chi connectivity index (χ4v) is 3.42. The van der Waals surface area contributed by atoms with Gasteiger partial charge in [-0.15, -0.1) is 0 Å². The Morgan fingerprint density at radius 1 is 1.04 bits per heavy atom. The number of hydrogen-bond donors (Lipinski definition) is 0. The summed E-state index contributed by atoms with van der Waals surface area (Å²) in [7, 11) is 0. The lowest BCUT2D eigenvalue weighted by atomic mass is 10.0. The molecule has 2 heterocycles. The highest BCUT2D eigenvalue weighted by atomic mass is 16.2. The third kappa shape index (κ3) is 3.34. The van der Waals surface area contributed by atoms with E-state index in [2.05, 4.69) is 45.1 Å². The smallest absolute Gasteiger partial charge is 0.225 e. The number of carbonyl (C=O) groups excluding carboxylic acids is 1. The molecule has 4 rings (SSSR count). The van der Waals surface area contributed by atoms with Crippen LogP contribution in [0.3, 0.4) is 0 Å². The topological polar surface area (TPSA) is 36.4 Å². The van der Waals surface area contributed by atoms with Gasteiger partial charge in [-0.1, -0.05) is 30.3 Å². The monoisotopic (exact) mass is 321 g/mol. The van der Waals surface area contributed by atoms with Crippen molar-refractivity contribution >= 4 is 5.91 Å². The maximum Gasteiger partial charge on any atom is 0.225 e. The van der Waals surface area contributed by atoms with E-state index in [9.17, 15) is 4.79 Å². The zero-order valence-electron chi connectivity index (χ0n) is 13.9. The van der Waals surface area contributed by atoms with Gasteiger partial charge in [0, 0.05) is 56.6 Å². The Bertz CT molecular complexity index is 704. The number of carbonyl (C=O) groups is 1. The van der Waals surface area contributed by atoms with Gasteiger partial charge in [0.15, 0.2) is 0 Å². The van der Waals surface area contributed by atoms with Crippen molar-refractivity contribution in [3.63, 3.8) is 0 Å². The minimum absolute atomic E-state index is 0.336. The summed E-state index contributed by atoms with van der Waals surface area (Å²) in [5, 5.41) is 0. The van der Waals surface area contributed by atoms with Gasteiger partial charge in [-0.05, 0) is 30.0 Å². The van der Waals surface area contributed by atoms with Crippen molar-refractivity contribution in [1.29, 1.82) is 0 Å². The van der Waals surface area contributed by atoms with E-state index in [-0.39, 0.29) is 0 Å². The van der Waals surface area contributed by atoms with Gasteiger partial charge in [0.2, 0.25) is 5.91 Å². The molecule has 1 aromatic carbocycles. The second-order valence-corrected chi connectivity index (χ2v) is 6.77. The Labute approximate surface area is 143 Å². The van der Waals surface area contributed by atoms with E-state index in [4.69, 9.17) is 0 Å². The highest BCUT2D eigenvalue weighted by molar-refractivity contribution is 5.81. The first-order chi connectivity index (χ1) is 11.8. The van der Waals surface area contributed by atoms with Crippen LogP contribution in [-0.2, 0) is 11.3 Å². The normalized spacial score (nSPS) is 18.6. The first-order valence-electron chi connectivity index (χ1n) is 8.81. The molecule has 4 heteroatoms. The van der Waals surface area contributed by atoms with Gasteiger partial charge < -0.3 is 4.90 Å². The molecule has 1 aliphatic heterocycles. The van der Waals surface area contributed by atoms with E-state index in [1.54, 1.807) is 0 Å². The summed E-state index contributed by atoms with van der Waals surface area (Å²) < 4.78 is 0. The van der Waals surface area contributed by atoms with E-state index in [0.717, 1.165) is 51.1 Å². The van der Waals surface area contributed by atoms with Crippen LogP contribution in [0.4, 0.5) is 0 Å². The van der Waals surface area contributed by atoms with Crippen molar-refractivity contribution in [1.82, 2.24) is 14.8 Å². The fraction of sp³-hybridized carbons (Fsp3) is 0.400. The van der Waals surface area contributed by atoms with Gasteiger partial charge in [-0.3, -0.25) is 14.7 Å². The van der Waals surface area contributed by atoms with E-state index in [1.807, 2.05) is 18.5 Å². The van der Waals surface area contributed by atoms with Crippen molar-refractivity contribution < 1.29 is 4.79 Å². The minimum atomic E-state index is 0.336. The quantitative estimate of drug-likeness (QED) is 0.869. The standard InChI is InChI=1S/C20H23N3O/c24-20(16-7-8-16)23-12-10-22(11-13-23)15-18-4-1-2-6-19(18)17-5-3-9-21-14-17/h1-6,9,14,16H,7-8,10-13,15H2. The predicted octanol–water partition coefficient (Wildman–Crippen LogP) is 2.80. The zero-order chi connectivity index (χ0) is 16.4. The lowest BCUT2D eigenvalue weighted by Gasteiger charge is -2.35. The molecule has 24 heavy (non-hydrogen) atoms. The molecule has 0 bridgehead atoms. The van der Waals surface area contributed by atoms with Crippen LogP contribution in [0.2, 0.25) is 0 Å². The number of benzene rings is 1. The van der Waals surface area contributed by atoms with Crippen LogP contribution in [0.15, 0.2) is 48.8 Å². The molecule has 2 aromatic rings. The number of piperazine rings is 1. The zero-order valence-corrected chi connectivity index (χ0v) is 13.9. The molecular weight excluding hydrogens is 298 g/mol. The summed E-state index contributed by atoms with van der Waals surface area (Å²) >= 11 is 0. The Morgan fingerprint density at radius 2 is 1.83 bits per heavy atom. The van der Waals surface area contributed by atoms with Crippen molar-refractivity contribution in [2.75, 3.05) is 26.2 Å². The van der Waals surface area contributed by atoms with Crippen LogP contribution in [0, 0.1) is 5.92 Å². The van der Waals surface area contributed by atoms with Crippen LogP contribution in [-0.4, -0.2) is 46.9 Å². The molecule has 124 valence electrons. The summed E-state index contributed by atoms with van der Waals surface area (Å²) in [5.74, 6) is 0.716. The van der Waals surface area contributed by atoms with Crippen molar-refractivity contribution in [3.05, 3.63) is 54.4 Å². The number of pyridine rings is 1. The van der Waals surface area contributed by atoms with E-state index >= 15 is 0 Å². The van der Waals surface area contributed by atoms with Gasteiger partial charge in [0.25, 0.3) is 0 Å². The van der Waals surface area contributed by atoms with Gasteiger partial charge in [0.1, 0.15) is 0 Å². The average Bonchev–Trinajstić information content (AvgIpc) is 3.48. The second-order valence-electron chi connectivity index (χ2n) is 6.77. The third-order valence-electron chi connectivity index (χ3n) is 4.99. The molecule has 0 radical (unpaired) electrons. The largest absolute Gasteiger partial charge is 0.340 e. The van der Waals surface area contributed by atoms with Crippen LogP contribution in [0.5, 0.6) is 0 Å². The van der Waals surface area contributed by atoms with Crippen LogP contribution >= 0.6 is 0 Å². The molecule has 1 saturated carbocycles.